The number of nitrogens with one attached hydrogen (secondary N) is 1. The zero-order chi connectivity index (χ0) is 20.3. The second kappa shape index (κ2) is 8.21. The molecular formula is C21H24N2O5. The van der Waals surface area contributed by atoms with Crippen molar-refractivity contribution in [2.24, 2.45) is 0 Å². The van der Waals surface area contributed by atoms with Crippen LogP contribution in [0.5, 0.6) is 17.2 Å². The predicted octanol–water partition coefficient (Wildman–Crippen LogP) is 3.48. The molecule has 2 amide bonds. The molecule has 0 atom stereocenters. The van der Waals surface area contributed by atoms with Crippen molar-refractivity contribution in [1.82, 2.24) is 0 Å². The lowest BCUT2D eigenvalue weighted by molar-refractivity contribution is -0.116. The first-order valence-electron chi connectivity index (χ1n) is 8.99. The van der Waals surface area contributed by atoms with Crippen molar-refractivity contribution in [2.75, 3.05) is 31.5 Å². The van der Waals surface area contributed by atoms with Crippen molar-refractivity contribution in [3.63, 3.8) is 0 Å². The molecule has 0 spiro atoms. The van der Waals surface area contributed by atoms with Gasteiger partial charge in [0, 0.05) is 29.9 Å². The van der Waals surface area contributed by atoms with Gasteiger partial charge in [-0.05, 0) is 49.2 Å². The number of benzene rings is 2. The molecule has 0 radical (unpaired) electrons. The number of carbonyl (C=O) groups is 2. The maximum Gasteiger partial charge on any atom is 0.255 e. The third-order valence-corrected chi connectivity index (χ3v) is 4.58. The maximum absolute atomic E-state index is 12.7. The Labute approximate surface area is 164 Å². The number of hydrogen-bond acceptors (Lipinski definition) is 5. The third-order valence-electron chi connectivity index (χ3n) is 4.58. The van der Waals surface area contributed by atoms with Crippen molar-refractivity contribution < 1.29 is 23.8 Å². The minimum absolute atomic E-state index is 0.0247. The summed E-state index contributed by atoms with van der Waals surface area (Å²) in [5.74, 6) is 0.956. The van der Waals surface area contributed by atoms with Crippen molar-refractivity contribution in [3.8, 4) is 17.2 Å². The van der Waals surface area contributed by atoms with Crippen LogP contribution in [-0.2, 0) is 4.79 Å². The first kappa shape index (κ1) is 19.5. The van der Waals surface area contributed by atoms with Crippen LogP contribution in [0.25, 0.3) is 0 Å². The number of rotatable bonds is 7. The number of nitrogens with zero attached hydrogens (tertiary/aromatic N) is 1. The van der Waals surface area contributed by atoms with Gasteiger partial charge in [0.25, 0.3) is 5.91 Å². The SMILES string of the molecule is COc1cc(C(=O)Nc2ccc(N(C(C)=O)C3CC3)cc2)cc(OC)c1OC. The number of methoxy groups -OCH3 is 3. The van der Waals surface area contributed by atoms with E-state index in [4.69, 9.17) is 14.2 Å². The Morgan fingerprint density at radius 3 is 1.96 bits per heavy atom. The molecule has 0 aromatic heterocycles. The Balaban J connectivity index is 1.78. The molecule has 1 N–H and O–H groups in total. The zero-order valence-electron chi connectivity index (χ0n) is 16.4. The number of amides is 2. The Morgan fingerprint density at radius 1 is 0.964 bits per heavy atom. The third kappa shape index (κ3) is 4.03. The summed E-state index contributed by atoms with van der Waals surface area (Å²) in [5, 5.41) is 2.84. The van der Waals surface area contributed by atoms with Crippen LogP contribution in [-0.4, -0.2) is 39.2 Å². The summed E-state index contributed by atoms with van der Waals surface area (Å²) in [6.45, 7) is 1.57. The van der Waals surface area contributed by atoms with Gasteiger partial charge in [-0.3, -0.25) is 9.59 Å². The molecule has 0 saturated heterocycles. The highest BCUT2D eigenvalue weighted by molar-refractivity contribution is 6.05. The van der Waals surface area contributed by atoms with E-state index in [2.05, 4.69) is 5.32 Å². The predicted molar refractivity (Wildman–Crippen MR) is 107 cm³/mol. The molecule has 7 nitrogen and oxygen atoms in total. The lowest BCUT2D eigenvalue weighted by Crippen LogP contribution is -2.30. The highest BCUT2D eigenvalue weighted by Gasteiger charge is 2.31. The molecule has 2 aromatic carbocycles. The Kier molecular flexibility index (Phi) is 5.73. The fourth-order valence-corrected chi connectivity index (χ4v) is 3.10. The molecule has 1 fully saturated rings. The molecule has 1 aliphatic carbocycles. The minimum atomic E-state index is -0.308. The van der Waals surface area contributed by atoms with Gasteiger partial charge >= 0.3 is 0 Å². The van der Waals surface area contributed by atoms with E-state index in [1.54, 1.807) is 36.1 Å². The molecular weight excluding hydrogens is 360 g/mol. The van der Waals surface area contributed by atoms with Crippen LogP contribution in [0.2, 0.25) is 0 Å². The molecule has 2 aromatic rings. The summed E-state index contributed by atoms with van der Waals surface area (Å²) >= 11 is 0. The van der Waals surface area contributed by atoms with Crippen LogP contribution < -0.4 is 24.4 Å². The highest BCUT2D eigenvalue weighted by Crippen LogP contribution is 2.38. The molecule has 148 valence electrons. The van der Waals surface area contributed by atoms with Crippen LogP contribution in [0.15, 0.2) is 36.4 Å². The first-order chi connectivity index (χ1) is 13.5. The number of carbonyl (C=O) groups excluding carboxylic acids is 2. The van der Waals surface area contributed by atoms with Crippen LogP contribution >= 0.6 is 0 Å². The molecule has 0 aliphatic heterocycles. The van der Waals surface area contributed by atoms with Gasteiger partial charge in [0.1, 0.15) is 0 Å². The molecule has 0 bridgehead atoms. The normalized spacial score (nSPS) is 12.9. The summed E-state index contributed by atoms with van der Waals surface area (Å²) in [5.41, 5.74) is 1.84. The molecule has 1 saturated carbocycles. The fraction of sp³-hybridized carbons (Fsp3) is 0.333. The van der Waals surface area contributed by atoms with E-state index in [0.29, 0.717) is 28.5 Å². The minimum Gasteiger partial charge on any atom is -0.493 e. The fourth-order valence-electron chi connectivity index (χ4n) is 3.10. The monoisotopic (exact) mass is 384 g/mol. The largest absolute Gasteiger partial charge is 0.493 e. The lowest BCUT2D eigenvalue weighted by atomic mass is 10.1. The standard InChI is InChI=1S/C21H24N2O5/c1-13(24)23(17-9-10-17)16-7-5-15(6-8-16)22-21(25)14-11-18(26-2)20(28-4)19(12-14)27-3/h5-8,11-12,17H,9-10H2,1-4H3,(H,22,25). The topological polar surface area (TPSA) is 77.1 Å². The van der Waals surface area contributed by atoms with Gasteiger partial charge in [-0.1, -0.05) is 0 Å². The van der Waals surface area contributed by atoms with E-state index in [1.807, 2.05) is 12.1 Å². The molecule has 7 heteroatoms. The van der Waals surface area contributed by atoms with Crippen molar-refractivity contribution in [3.05, 3.63) is 42.0 Å². The van der Waals surface area contributed by atoms with Crippen molar-refractivity contribution >= 4 is 23.2 Å². The molecule has 3 rings (SSSR count). The molecule has 0 unspecified atom stereocenters. The lowest BCUT2D eigenvalue weighted by Gasteiger charge is -2.21. The number of anilines is 2. The van der Waals surface area contributed by atoms with Crippen LogP contribution in [0, 0.1) is 0 Å². The Morgan fingerprint density at radius 2 is 1.54 bits per heavy atom. The summed E-state index contributed by atoms with van der Waals surface area (Å²) in [7, 11) is 4.50. The quantitative estimate of drug-likeness (QED) is 0.791. The molecule has 28 heavy (non-hydrogen) atoms. The van der Waals surface area contributed by atoms with Gasteiger partial charge in [-0.25, -0.2) is 0 Å². The van der Waals surface area contributed by atoms with Gasteiger partial charge in [0.15, 0.2) is 11.5 Å². The highest BCUT2D eigenvalue weighted by atomic mass is 16.5. The van der Waals surface area contributed by atoms with Crippen LogP contribution in [0.4, 0.5) is 11.4 Å². The first-order valence-corrected chi connectivity index (χ1v) is 8.99. The summed E-state index contributed by atoms with van der Waals surface area (Å²) in [4.78, 5) is 26.3. The summed E-state index contributed by atoms with van der Waals surface area (Å²) < 4.78 is 15.9. The van der Waals surface area contributed by atoms with Gasteiger partial charge < -0.3 is 24.4 Å². The average Bonchev–Trinajstić information content (AvgIpc) is 3.52. The molecule has 1 aliphatic rings. The van der Waals surface area contributed by atoms with Crippen LogP contribution in [0.3, 0.4) is 0 Å². The molecule has 0 heterocycles. The summed E-state index contributed by atoms with van der Waals surface area (Å²) in [6, 6.07) is 10.7. The van der Waals surface area contributed by atoms with E-state index < -0.39 is 0 Å². The van der Waals surface area contributed by atoms with E-state index in [1.165, 1.54) is 21.3 Å². The summed E-state index contributed by atoms with van der Waals surface area (Å²) in [6.07, 6.45) is 2.05. The second-order valence-electron chi connectivity index (χ2n) is 6.54. The maximum atomic E-state index is 12.7. The zero-order valence-corrected chi connectivity index (χ0v) is 16.4. The van der Waals surface area contributed by atoms with Gasteiger partial charge in [0.2, 0.25) is 11.7 Å². The van der Waals surface area contributed by atoms with Crippen molar-refractivity contribution in [1.29, 1.82) is 0 Å². The van der Waals surface area contributed by atoms with Gasteiger partial charge in [-0.2, -0.15) is 0 Å². The van der Waals surface area contributed by atoms with E-state index in [9.17, 15) is 9.59 Å². The number of hydrogen-bond donors (Lipinski definition) is 1. The second-order valence-corrected chi connectivity index (χ2v) is 6.54. The van der Waals surface area contributed by atoms with Gasteiger partial charge in [0.05, 0.1) is 21.3 Å². The van der Waals surface area contributed by atoms with Gasteiger partial charge in [-0.15, -0.1) is 0 Å². The Bertz CT molecular complexity index is 850. The average molecular weight is 384 g/mol. The number of ether oxygens (including phenoxy) is 3. The smallest absolute Gasteiger partial charge is 0.255 e. The van der Waals surface area contributed by atoms with E-state index in [0.717, 1.165) is 18.5 Å². The van der Waals surface area contributed by atoms with E-state index in [-0.39, 0.29) is 17.9 Å². The van der Waals surface area contributed by atoms with Crippen molar-refractivity contribution in [2.45, 2.75) is 25.8 Å². The Hall–Kier alpha value is -3.22. The van der Waals surface area contributed by atoms with E-state index >= 15 is 0 Å². The van der Waals surface area contributed by atoms with Crippen LogP contribution in [0.1, 0.15) is 30.1 Å².